The van der Waals surface area contributed by atoms with Gasteiger partial charge in [-0.1, -0.05) is 12.1 Å². The predicted molar refractivity (Wildman–Crippen MR) is 83.6 cm³/mol. The van der Waals surface area contributed by atoms with Crippen LogP contribution in [0.3, 0.4) is 0 Å². The largest absolute Gasteiger partial charge is 0.465 e. The summed E-state index contributed by atoms with van der Waals surface area (Å²) in [6.07, 6.45) is 0.189. The lowest BCUT2D eigenvalue weighted by atomic mass is 10.0. The van der Waals surface area contributed by atoms with Crippen molar-refractivity contribution in [2.75, 3.05) is 27.6 Å². The third-order valence-corrected chi connectivity index (χ3v) is 3.73. The molecule has 1 atom stereocenters. The number of rotatable bonds is 9. The summed E-state index contributed by atoms with van der Waals surface area (Å²) in [4.78, 5) is 11.5. The monoisotopic (exact) mass is 346 g/mol. The first-order valence-corrected chi connectivity index (χ1v) is 8.73. The molecular weight excluding hydrogens is 324 g/mol. The minimum atomic E-state index is -3.65. The molecule has 0 amide bonds. The van der Waals surface area contributed by atoms with Crippen molar-refractivity contribution in [1.82, 2.24) is 0 Å². The molecule has 0 aliphatic carbocycles. The van der Waals surface area contributed by atoms with Gasteiger partial charge in [-0.25, -0.2) is 4.79 Å². The van der Waals surface area contributed by atoms with E-state index in [1.807, 2.05) is 6.07 Å². The maximum absolute atomic E-state index is 11.5. The van der Waals surface area contributed by atoms with E-state index in [1.54, 1.807) is 18.2 Å². The standard InChI is InChI=1S/C15H22O7S/c1-19-14(16)12-7-5-6-11(10-12)8-9-13(15(20-2)21-3)22-23(4,17)18/h5-7,10,13,15H,8-9H2,1-4H3. The number of carbonyl (C=O) groups excluding carboxylic acids is 1. The SMILES string of the molecule is COC(=O)c1cccc(CCC(OS(C)(=O)=O)C(OC)OC)c1. The molecule has 0 heterocycles. The Morgan fingerprint density at radius 1 is 1.17 bits per heavy atom. The van der Waals surface area contributed by atoms with Crippen molar-refractivity contribution in [3.8, 4) is 0 Å². The third-order valence-electron chi connectivity index (χ3n) is 3.13. The molecular formula is C15H22O7S. The van der Waals surface area contributed by atoms with Gasteiger partial charge in [-0.15, -0.1) is 0 Å². The average Bonchev–Trinajstić information content (AvgIpc) is 2.51. The molecule has 7 nitrogen and oxygen atoms in total. The van der Waals surface area contributed by atoms with Crippen molar-refractivity contribution in [2.24, 2.45) is 0 Å². The highest BCUT2D eigenvalue weighted by Crippen LogP contribution is 2.16. The molecule has 1 aromatic carbocycles. The average molecular weight is 346 g/mol. The first-order chi connectivity index (χ1) is 10.8. The quantitative estimate of drug-likeness (QED) is 0.379. The van der Waals surface area contributed by atoms with Crippen LogP contribution in [-0.4, -0.2) is 54.4 Å². The van der Waals surface area contributed by atoms with Crippen LogP contribution in [-0.2, 0) is 34.9 Å². The van der Waals surface area contributed by atoms with Gasteiger partial charge in [-0.2, -0.15) is 8.42 Å². The van der Waals surface area contributed by atoms with E-state index >= 15 is 0 Å². The molecule has 0 aliphatic heterocycles. The molecule has 1 aromatic rings. The van der Waals surface area contributed by atoms with Crippen LogP contribution in [0.2, 0.25) is 0 Å². The number of esters is 1. The Balaban J connectivity index is 2.83. The third kappa shape index (κ3) is 6.66. The van der Waals surface area contributed by atoms with E-state index in [0.717, 1.165) is 11.8 Å². The van der Waals surface area contributed by atoms with Gasteiger partial charge in [0.2, 0.25) is 0 Å². The van der Waals surface area contributed by atoms with Crippen LogP contribution in [0.15, 0.2) is 24.3 Å². The Hall–Kier alpha value is -1.48. The van der Waals surface area contributed by atoms with Gasteiger partial charge in [0.25, 0.3) is 10.1 Å². The van der Waals surface area contributed by atoms with Crippen LogP contribution < -0.4 is 0 Å². The van der Waals surface area contributed by atoms with Crippen LogP contribution in [0, 0.1) is 0 Å². The van der Waals surface area contributed by atoms with Gasteiger partial charge in [-0.3, -0.25) is 4.18 Å². The van der Waals surface area contributed by atoms with E-state index in [4.69, 9.17) is 13.7 Å². The summed E-state index contributed by atoms with van der Waals surface area (Å²) in [6, 6.07) is 6.90. The fourth-order valence-electron chi connectivity index (χ4n) is 2.13. The van der Waals surface area contributed by atoms with Crippen molar-refractivity contribution in [1.29, 1.82) is 0 Å². The Labute approximate surface area is 136 Å². The second-order valence-corrected chi connectivity index (χ2v) is 6.51. The molecule has 0 aromatic heterocycles. The lowest BCUT2D eigenvalue weighted by molar-refractivity contribution is -0.156. The number of aryl methyl sites for hydroxylation is 1. The van der Waals surface area contributed by atoms with E-state index < -0.39 is 28.5 Å². The first kappa shape index (κ1) is 19.6. The smallest absolute Gasteiger partial charge is 0.337 e. The number of carbonyl (C=O) groups is 1. The molecule has 0 spiro atoms. The molecule has 0 saturated heterocycles. The highest BCUT2D eigenvalue weighted by Gasteiger charge is 2.25. The molecule has 0 saturated carbocycles. The Morgan fingerprint density at radius 3 is 2.35 bits per heavy atom. The van der Waals surface area contributed by atoms with Crippen molar-refractivity contribution in [3.05, 3.63) is 35.4 Å². The van der Waals surface area contributed by atoms with Crippen LogP contribution in [0.25, 0.3) is 0 Å². The number of hydrogen-bond donors (Lipinski definition) is 0. The van der Waals surface area contributed by atoms with Gasteiger partial charge >= 0.3 is 5.97 Å². The summed E-state index contributed by atoms with van der Waals surface area (Å²) in [7, 11) is 0.475. The summed E-state index contributed by atoms with van der Waals surface area (Å²) in [5.74, 6) is -0.428. The van der Waals surface area contributed by atoms with Crippen LogP contribution in [0.4, 0.5) is 0 Å². The van der Waals surface area contributed by atoms with E-state index in [2.05, 4.69) is 4.74 Å². The zero-order chi connectivity index (χ0) is 17.5. The second kappa shape index (κ2) is 8.97. The summed E-state index contributed by atoms with van der Waals surface area (Å²) >= 11 is 0. The number of hydrogen-bond acceptors (Lipinski definition) is 7. The molecule has 0 bridgehead atoms. The number of benzene rings is 1. The van der Waals surface area contributed by atoms with Gasteiger partial charge in [0, 0.05) is 14.2 Å². The van der Waals surface area contributed by atoms with Crippen molar-refractivity contribution >= 4 is 16.1 Å². The van der Waals surface area contributed by atoms with Crippen LogP contribution in [0.1, 0.15) is 22.3 Å². The van der Waals surface area contributed by atoms with Crippen molar-refractivity contribution in [3.63, 3.8) is 0 Å². The van der Waals surface area contributed by atoms with Gasteiger partial charge in [-0.05, 0) is 30.5 Å². The molecule has 0 radical (unpaired) electrons. The highest BCUT2D eigenvalue weighted by molar-refractivity contribution is 7.86. The minimum absolute atomic E-state index is 0.337. The van der Waals surface area contributed by atoms with Gasteiger partial charge in [0.15, 0.2) is 6.29 Å². The second-order valence-electron chi connectivity index (χ2n) is 4.91. The van der Waals surface area contributed by atoms with E-state index in [9.17, 15) is 13.2 Å². The molecule has 23 heavy (non-hydrogen) atoms. The molecule has 0 N–H and O–H groups in total. The highest BCUT2D eigenvalue weighted by atomic mass is 32.2. The fourth-order valence-corrected chi connectivity index (χ4v) is 2.77. The normalized spacial score (nSPS) is 13.1. The fraction of sp³-hybridized carbons (Fsp3) is 0.533. The van der Waals surface area contributed by atoms with Crippen LogP contribution in [0.5, 0.6) is 0 Å². The van der Waals surface area contributed by atoms with E-state index in [1.165, 1.54) is 21.3 Å². The molecule has 1 unspecified atom stereocenters. The minimum Gasteiger partial charge on any atom is -0.465 e. The van der Waals surface area contributed by atoms with Crippen molar-refractivity contribution < 1.29 is 31.6 Å². The maximum atomic E-state index is 11.5. The zero-order valence-corrected chi connectivity index (χ0v) is 14.5. The topological polar surface area (TPSA) is 88.1 Å². The Bertz CT molecular complexity index is 608. The summed E-state index contributed by atoms with van der Waals surface area (Å²) in [5.41, 5.74) is 1.28. The molecule has 8 heteroatoms. The first-order valence-electron chi connectivity index (χ1n) is 6.91. The number of methoxy groups -OCH3 is 3. The number of ether oxygens (including phenoxy) is 3. The van der Waals surface area contributed by atoms with E-state index in [-0.39, 0.29) is 0 Å². The molecule has 0 fully saturated rings. The van der Waals surface area contributed by atoms with Gasteiger partial charge in [0.1, 0.15) is 6.10 Å². The van der Waals surface area contributed by atoms with Gasteiger partial charge in [0.05, 0.1) is 18.9 Å². The molecule has 0 aliphatic rings. The van der Waals surface area contributed by atoms with Crippen LogP contribution >= 0.6 is 0 Å². The zero-order valence-electron chi connectivity index (χ0n) is 13.6. The summed E-state index contributed by atoms with van der Waals surface area (Å²) < 4.78 is 42.6. The summed E-state index contributed by atoms with van der Waals surface area (Å²) in [6.45, 7) is 0. The Kier molecular flexibility index (Phi) is 7.63. The lowest BCUT2D eigenvalue weighted by Crippen LogP contribution is -2.34. The van der Waals surface area contributed by atoms with Crippen molar-refractivity contribution in [2.45, 2.75) is 25.2 Å². The van der Waals surface area contributed by atoms with Gasteiger partial charge < -0.3 is 14.2 Å². The Morgan fingerprint density at radius 2 is 1.83 bits per heavy atom. The molecule has 130 valence electrons. The maximum Gasteiger partial charge on any atom is 0.337 e. The molecule has 1 rings (SSSR count). The predicted octanol–water partition coefficient (Wildman–Crippen LogP) is 1.37. The lowest BCUT2D eigenvalue weighted by Gasteiger charge is -2.23. The summed E-state index contributed by atoms with van der Waals surface area (Å²) in [5, 5.41) is 0. The van der Waals surface area contributed by atoms with E-state index in [0.29, 0.717) is 18.4 Å².